The van der Waals surface area contributed by atoms with Gasteiger partial charge in [-0.05, 0) is 31.5 Å². The summed E-state index contributed by atoms with van der Waals surface area (Å²) in [6, 6.07) is 4.71. The highest BCUT2D eigenvalue weighted by atomic mass is 19.3. The van der Waals surface area contributed by atoms with Gasteiger partial charge in [0.15, 0.2) is 0 Å². The van der Waals surface area contributed by atoms with E-state index in [1.807, 2.05) is 0 Å². The molecule has 1 aromatic carbocycles. The molecule has 18 heavy (non-hydrogen) atoms. The SMILES string of the molecule is CNC(C(=O)O)c1cccc(C(F)(F)C2CC2)c1. The van der Waals surface area contributed by atoms with Gasteiger partial charge in [0.05, 0.1) is 0 Å². The van der Waals surface area contributed by atoms with E-state index in [1.165, 1.54) is 25.2 Å². The highest BCUT2D eigenvalue weighted by molar-refractivity contribution is 5.75. The number of carbonyl (C=O) groups is 1. The Morgan fingerprint density at radius 1 is 1.50 bits per heavy atom. The van der Waals surface area contributed by atoms with Gasteiger partial charge in [0.1, 0.15) is 6.04 Å². The molecule has 0 heterocycles. The van der Waals surface area contributed by atoms with Gasteiger partial charge >= 0.3 is 5.97 Å². The molecule has 0 bridgehead atoms. The molecular formula is C13H15F2NO2. The van der Waals surface area contributed by atoms with Gasteiger partial charge in [-0.3, -0.25) is 4.79 Å². The van der Waals surface area contributed by atoms with Crippen molar-refractivity contribution in [1.29, 1.82) is 0 Å². The van der Waals surface area contributed by atoms with Crippen LogP contribution in [0.3, 0.4) is 0 Å². The lowest BCUT2D eigenvalue weighted by Crippen LogP contribution is -2.25. The Morgan fingerprint density at radius 2 is 2.17 bits per heavy atom. The number of halogens is 2. The highest BCUT2D eigenvalue weighted by Crippen LogP contribution is 2.49. The number of aliphatic carboxylic acids is 1. The maximum Gasteiger partial charge on any atom is 0.325 e. The average Bonchev–Trinajstić information content (AvgIpc) is 3.14. The Morgan fingerprint density at radius 3 is 2.67 bits per heavy atom. The van der Waals surface area contributed by atoms with Crippen LogP contribution in [0.4, 0.5) is 8.78 Å². The Labute approximate surface area is 104 Å². The van der Waals surface area contributed by atoms with Gasteiger partial charge in [-0.25, -0.2) is 8.78 Å². The van der Waals surface area contributed by atoms with Crippen molar-refractivity contribution in [2.24, 2.45) is 5.92 Å². The number of likely N-dealkylation sites (N-methyl/N-ethyl adjacent to an activating group) is 1. The van der Waals surface area contributed by atoms with Gasteiger partial charge in [-0.15, -0.1) is 0 Å². The summed E-state index contributed by atoms with van der Waals surface area (Å²) >= 11 is 0. The monoisotopic (exact) mass is 255 g/mol. The molecular weight excluding hydrogens is 240 g/mol. The van der Waals surface area contributed by atoms with Crippen molar-refractivity contribution < 1.29 is 18.7 Å². The predicted molar refractivity (Wildman–Crippen MR) is 62.5 cm³/mol. The van der Waals surface area contributed by atoms with E-state index in [4.69, 9.17) is 5.11 Å². The van der Waals surface area contributed by atoms with Crippen LogP contribution in [0.25, 0.3) is 0 Å². The lowest BCUT2D eigenvalue weighted by Gasteiger charge is -2.18. The van der Waals surface area contributed by atoms with Crippen molar-refractivity contribution in [3.05, 3.63) is 35.4 Å². The van der Waals surface area contributed by atoms with Crippen LogP contribution in [0.2, 0.25) is 0 Å². The van der Waals surface area contributed by atoms with Crippen LogP contribution in [0.5, 0.6) is 0 Å². The Bertz CT molecular complexity index is 458. The third-order valence-electron chi connectivity index (χ3n) is 3.23. The van der Waals surface area contributed by atoms with Crippen LogP contribution in [0, 0.1) is 5.92 Å². The minimum atomic E-state index is -2.85. The average molecular weight is 255 g/mol. The molecule has 1 saturated carbocycles. The van der Waals surface area contributed by atoms with E-state index in [0.29, 0.717) is 18.4 Å². The van der Waals surface area contributed by atoms with Gasteiger partial charge in [-0.2, -0.15) is 0 Å². The molecule has 1 aliphatic carbocycles. The van der Waals surface area contributed by atoms with E-state index in [1.54, 1.807) is 6.07 Å². The summed E-state index contributed by atoms with van der Waals surface area (Å²) in [6.45, 7) is 0. The number of alkyl halides is 2. The molecule has 0 spiro atoms. The van der Waals surface area contributed by atoms with E-state index in [2.05, 4.69) is 5.32 Å². The number of nitrogens with one attached hydrogen (secondary N) is 1. The first-order valence-corrected chi connectivity index (χ1v) is 5.85. The summed E-state index contributed by atoms with van der Waals surface area (Å²) in [4.78, 5) is 11.0. The maximum atomic E-state index is 13.9. The Hall–Kier alpha value is -1.49. The van der Waals surface area contributed by atoms with E-state index in [0.717, 1.165) is 0 Å². The molecule has 0 aliphatic heterocycles. The molecule has 1 atom stereocenters. The van der Waals surface area contributed by atoms with Gasteiger partial charge in [-0.1, -0.05) is 18.2 Å². The Kier molecular flexibility index (Phi) is 3.34. The molecule has 1 aromatic rings. The van der Waals surface area contributed by atoms with Crippen molar-refractivity contribution in [2.75, 3.05) is 7.05 Å². The molecule has 1 fully saturated rings. The van der Waals surface area contributed by atoms with Crippen molar-refractivity contribution >= 4 is 5.97 Å². The van der Waals surface area contributed by atoms with E-state index >= 15 is 0 Å². The summed E-state index contributed by atoms with van der Waals surface area (Å²) in [5, 5.41) is 11.6. The molecule has 0 radical (unpaired) electrons. The van der Waals surface area contributed by atoms with Crippen LogP contribution < -0.4 is 5.32 Å². The molecule has 5 heteroatoms. The molecule has 98 valence electrons. The molecule has 2 N–H and O–H groups in total. The van der Waals surface area contributed by atoms with Crippen LogP contribution in [0.1, 0.15) is 30.0 Å². The topological polar surface area (TPSA) is 49.3 Å². The zero-order chi connectivity index (χ0) is 13.3. The number of carboxylic acids is 1. The first kappa shape index (κ1) is 13.0. The van der Waals surface area contributed by atoms with Crippen LogP contribution in [-0.2, 0) is 10.7 Å². The van der Waals surface area contributed by atoms with Crippen LogP contribution in [-0.4, -0.2) is 18.1 Å². The maximum absolute atomic E-state index is 13.9. The third-order valence-corrected chi connectivity index (χ3v) is 3.23. The number of hydrogen-bond acceptors (Lipinski definition) is 2. The molecule has 1 unspecified atom stereocenters. The summed E-state index contributed by atoms with van der Waals surface area (Å²) in [5.74, 6) is -4.53. The highest BCUT2D eigenvalue weighted by Gasteiger charge is 2.48. The molecule has 2 rings (SSSR count). The molecule has 3 nitrogen and oxygen atoms in total. The molecule has 0 amide bonds. The van der Waals surface area contributed by atoms with Crippen molar-refractivity contribution in [3.8, 4) is 0 Å². The number of rotatable bonds is 5. The van der Waals surface area contributed by atoms with Gasteiger partial charge in [0.25, 0.3) is 5.92 Å². The number of hydrogen-bond donors (Lipinski definition) is 2. The van der Waals surface area contributed by atoms with E-state index in [-0.39, 0.29) is 5.56 Å². The van der Waals surface area contributed by atoms with Crippen LogP contribution >= 0.6 is 0 Å². The summed E-state index contributed by atoms with van der Waals surface area (Å²) in [5.41, 5.74) is 0.256. The van der Waals surface area contributed by atoms with E-state index < -0.39 is 23.9 Å². The summed E-state index contributed by atoms with van der Waals surface area (Å²) < 4.78 is 27.8. The second kappa shape index (κ2) is 4.65. The summed E-state index contributed by atoms with van der Waals surface area (Å²) in [7, 11) is 1.49. The van der Waals surface area contributed by atoms with Crippen molar-refractivity contribution in [1.82, 2.24) is 5.32 Å². The normalized spacial score (nSPS) is 17.5. The first-order valence-electron chi connectivity index (χ1n) is 5.85. The van der Waals surface area contributed by atoms with Gasteiger partial charge < -0.3 is 10.4 Å². The quantitative estimate of drug-likeness (QED) is 0.850. The fourth-order valence-electron chi connectivity index (χ4n) is 2.04. The fraction of sp³-hybridized carbons (Fsp3) is 0.462. The van der Waals surface area contributed by atoms with Crippen LogP contribution in [0.15, 0.2) is 24.3 Å². The van der Waals surface area contributed by atoms with Gasteiger partial charge in [0, 0.05) is 11.5 Å². The first-order chi connectivity index (χ1) is 8.46. The van der Waals surface area contributed by atoms with E-state index in [9.17, 15) is 13.6 Å². The number of carboxylic acid groups (broad SMARTS) is 1. The smallest absolute Gasteiger partial charge is 0.325 e. The third kappa shape index (κ3) is 2.36. The lowest BCUT2D eigenvalue weighted by molar-refractivity contribution is -0.139. The fourth-order valence-corrected chi connectivity index (χ4v) is 2.04. The minimum absolute atomic E-state index is 0.0935. The lowest BCUT2D eigenvalue weighted by atomic mass is 9.98. The molecule has 0 saturated heterocycles. The van der Waals surface area contributed by atoms with Gasteiger partial charge in [0.2, 0.25) is 0 Å². The van der Waals surface area contributed by atoms with Crippen molar-refractivity contribution in [3.63, 3.8) is 0 Å². The zero-order valence-corrected chi connectivity index (χ0v) is 9.99. The second-order valence-electron chi connectivity index (χ2n) is 4.58. The van der Waals surface area contributed by atoms with Crippen molar-refractivity contribution in [2.45, 2.75) is 24.8 Å². The molecule has 0 aromatic heterocycles. The molecule has 1 aliphatic rings. The number of benzene rings is 1. The zero-order valence-electron chi connectivity index (χ0n) is 9.99. The second-order valence-corrected chi connectivity index (χ2v) is 4.58. The standard InChI is InChI=1S/C13H15F2NO2/c1-16-11(12(17)18)8-3-2-4-10(7-8)13(14,15)9-5-6-9/h2-4,7,9,11,16H,5-6H2,1H3,(H,17,18). The minimum Gasteiger partial charge on any atom is -0.480 e. The summed E-state index contributed by atoms with van der Waals surface area (Å²) in [6.07, 6.45) is 1.07. The predicted octanol–water partition coefficient (Wildman–Crippen LogP) is 2.53. The largest absolute Gasteiger partial charge is 0.480 e. The Balaban J connectivity index is 2.32.